The van der Waals surface area contributed by atoms with E-state index in [0.29, 0.717) is 18.1 Å². The number of nitrogens with one attached hydrogen (secondary N) is 3. The molecule has 0 spiro atoms. The molecule has 3 rings (SSSR count). The number of amides is 1. The molecule has 0 bridgehead atoms. The summed E-state index contributed by atoms with van der Waals surface area (Å²) in [5, 5.41) is 6.01. The van der Waals surface area contributed by atoms with Gasteiger partial charge in [-0.15, -0.1) is 0 Å². The van der Waals surface area contributed by atoms with E-state index in [0.717, 1.165) is 30.8 Å². The standard InChI is InChI=1S/C13H19N7O/c1-3-8-12(21)15-5-6-20(8)11-9-10(17-7-16-9)18-13(19-11)14-4-2/h7-8H,3-6H2,1-2H3,(H,15,21)(H2,14,16,17,18,19). The molecule has 8 heteroatoms. The Balaban J connectivity index is 2.08. The van der Waals surface area contributed by atoms with Gasteiger partial charge in [-0.25, -0.2) is 4.98 Å². The van der Waals surface area contributed by atoms with Crippen molar-refractivity contribution in [1.29, 1.82) is 0 Å². The van der Waals surface area contributed by atoms with Crippen LogP contribution in [0.4, 0.5) is 11.8 Å². The largest absolute Gasteiger partial charge is 0.354 e. The number of aromatic amines is 1. The van der Waals surface area contributed by atoms with E-state index in [1.165, 1.54) is 0 Å². The third-order valence-corrected chi connectivity index (χ3v) is 3.59. The Morgan fingerprint density at radius 3 is 3.05 bits per heavy atom. The molecule has 1 unspecified atom stereocenters. The zero-order valence-electron chi connectivity index (χ0n) is 12.2. The third-order valence-electron chi connectivity index (χ3n) is 3.59. The van der Waals surface area contributed by atoms with Crippen LogP contribution in [0.25, 0.3) is 11.2 Å². The first-order chi connectivity index (χ1) is 10.2. The molecule has 0 aromatic carbocycles. The molecule has 112 valence electrons. The summed E-state index contributed by atoms with van der Waals surface area (Å²) in [7, 11) is 0. The lowest BCUT2D eigenvalue weighted by Crippen LogP contribution is -2.55. The van der Waals surface area contributed by atoms with Crippen molar-refractivity contribution in [3.63, 3.8) is 0 Å². The number of fused-ring (bicyclic) bond motifs is 1. The van der Waals surface area contributed by atoms with Crippen LogP contribution in [0.15, 0.2) is 6.33 Å². The van der Waals surface area contributed by atoms with Crippen molar-refractivity contribution in [2.45, 2.75) is 26.3 Å². The molecule has 1 saturated heterocycles. The average Bonchev–Trinajstić information content (AvgIpc) is 2.95. The molecule has 1 aliphatic heterocycles. The fraction of sp³-hybridized carbons (Fsp3) is 0.538. The molecule has 1 aliphatic rings. The Bertz CT molecular complexity index is 653. The molecule has 3 heterocycles. The van der Waals surface area contributed by atoms with Crippen LogP contribution < -0.4 is 15.5 Å². The number of hydrogen-bond acceptors (Lipinski definition) is 6. The van der Waals surface area contributed by atoms with Crippen molar-refractivity contribution in [3.05, 3.63) is 6.33 Å². The van der Waals surface area contributed by atoms with E-state index < -0.39 is 0 Å². The van der Waals surface area contributed by atoms with Gasteiger partial charge in [0.2, 0.25) is 11.9 Å². The van der Waals surface area contributed by atoms with Gasteiger partial charge < -0.3 is 20.5 Å². The molecular weight excluding hydrogens is 270 g/mol. The van der Waals surface area contributed by atoms with Crippen molar-refractivity contribution in [2.75, 3.05) is 29.9 Å². The minimum atomic E-state index is -0.213. The molecule has 8 nitrogen and oxygen atoms in total. The number of carbonyl (C=O) groups is 1. The predicted molar refractivity (Wildman–Crippen MR) is 80.3 cm³/mol. The number of hydrogen-bond donors (Lipinski definition) is 3. The number of carbonyl (C=O) groups excluding carboxylic acids is 1. The monoisotopic (exact) mass is 289 g/mol. The Morgan fingerprint density at radius 1 is 1.43 bits per heavy atom. The third kappa shape index (κ3) is 2.37. The molecule has 1 amide bonds. The first kappa shape index (κ1) is 13.6. The minimum absolute atomic E-state index is 0.0417. The van der Waals surface area contributed by atoms with E-state index >= 15 is 0 Å². The lowest BCUT2D eigenvalue weighted by molar-refractivity contribution is -0.123. The Hall–Kier alpha value is -2.38. The number of nitrogens with zero attached hydrogens (tertiary/aromatic N) is 4. The van der Waals surface area contributed by atoms with E-state index in [1.807, 2.05) is 18.7 Å². The fourth-order valence-corrected chi connectivity index (χ4v) is 2.64. The highest BCUT2D eigenvalue weighted by Crippen LogP contribution is 2.26. The molecule has 0 saturated carbocycles. The SMILES string of the molecule is CCNc1nc(N2CCNC(=O)C2CC)c2[nH]cnc2n1. The topological polar surface area (TPSA) is 98.8 Å². The van der Waals surface area contributed by atoms with Crippen LogP contribution in [0.3, 0.4) is 0 Å². The molecule has 0 radical (unpaired) electrons. The van der Waals surface area contributed by atoms with Gasteiger partial charge in [0.15, 0.2) is 11.5 Å². The van der Waals surface area contributed by atoms with Gasteiger partial charge in [0.1, 0.15) is 11.6 Å². The normalized spacial score (nSPS) is 18.9. The van der Waals surface area contributed by atoms with Crippen LogP contribution in [0.5, 0.6) is 0 Å². The van der Waals surface area contributed by atoms with Crippen LogP contribution in [0.1, 0.15) is 20.3 Å². The van der Waals surface area contributed by atoms with Crippen LogP contribution in [-0.4, -0.2) is 51.5 Å². The molecule has 0 aliphatic carbocycles. The van der Waals surface area contributed by atoms with E-state index in [1.54, 1.807) is 6.33 Å². The lowest BCUT2D eigenvalue weighted by atomic mass is 10.1. The Kier molecular flexibility index (Phi) is 3.59. The summed E-state index contributed by atoms with van der Waals surface area (Å²) >= 11 is 0. The van der Waals surface area contributed by atoms with Crippen molar-refractivity contribution in [2.24, 2.45) is 0 Å². The summed E-state index contributed by atoms with van der Waals surface area (Å²) in [5.41, 5.74) is 1.38. The second-order valence-electron chi connectivity index (χ2n) is 4.91. The minimum Gasteiger partial charge on any atom is -0.354 e. The second-order valence-corrected chi connectivity index (χ2v) is 4.91. The molecule has 2 aromatic rings. The maximum atomic E-state index is 12.1. The molecule has 2 aromatic heterocycles. The average molecular weight is 289 g/mol. The van der Waals surface area contributed by atoms with Crippen LogP contribution >= 0.6 is 0 Å². The highest BCUT2D eigenvalue weighted by atomic mass is 16.2. The molecule has 3 N–H and O–H groups in total. The maximum Gasteiger partial charge on any atom is 0.242 e. The zero-order valence-corrected chi connectivity index (χ0v) is 12.2. The van der Waals surface area contributed by atoms with Crippen LogP contribution in [-0.2, 0) is 4.79 Å². The van der Waals surface area contributed by atoms with Crippen LogP contribution in [0.2, 0.25) is 0 Å². The number of rotatable bonds is 4. The zero-order chi connectivity index (χ0) is 14.8. The number of piperazine rings is 1. The first-order valence-corrected chi connectivity index (χ1v) is 7.24. The van der Waals surface area contributed by atoms with Gasteiger partial charge in [-0.05, 0) is 13.3 Å². The molecule has 1 atom stereocenters. The fourth-order valence-electron chi connectivity index (χ4n) is 2.64. The predicted octanol–water partition coefficient (Wildman–Crippen LogP) is 0.499. The smallest absolute Gasteiger partial charge is 0.242 e. The summed E-state index contributed by atoms with van der Waals surface area (Å²) in [4.78, 5) is 30.3. The number of H-pyrrole nitrogens is 1. The van der Waals surface area contributed by atoms with E-state index in [9.17, 15) is 4.79 Å². The molecular formula is C13H19N7O. The maximum absolute atomic E-state index is 12.1. The summed E-state index contributed by atoms with van der Waals surface area (Å²) in [5.74, 6) is 1.31. The first-order valence-electron chi connectivity index (χ1n) is 7.24. The van der Waals surface area contributed by atoms with Crippen molar-refractivity contribution in [3.8, 4) is 0 Å². The summed E-state index contributed by atoms with van der Waals surface area (Å²) in [6, 6.07) is -0.213. The van der Waals surface area contributed by atoms with Crippen LogP contribution in [0, 0.1) is 0 Å². The highest BCUT2D eigenvalue weighted by molar-refractivity contribution is 5.91. The van der Waals surface area contributed by atoms with Gasteiger partial charge in [0, 0.05) is 19.6 Å². The number of anilines is 2. The van der Waals surface area contributed by atoms with Gasteiger partial charge in [0.25, 0.3) is 0 Å². The van der Waals surface area contributed by atoms with E-state index in [-0.39, 0.29) is 11.9 Å². The van der Waals surface area contributed by atoms with Crippen molar-refractivity contribution < 1.29 is 4.79 Å². The van der Waals surface area contributed by atoms with Gasteiger partial charge in [-0.2, -0.15) is 9.97 Å². The molecule has 1 fully saturated rings. The van der Waals surface area contributed by atoms with Gasteiger partial charge in [0.05, 0.1) is 6.33 Å². The van der Waals surface area contributed by atoms with E-state index in [2.05, 4.69) is 30.6 Å². The summed E-state index contributed by atoms with van der Waals surface area (Å²) in [6.45, 7) is 6.06. The summed E-state index contributed by atoms with van der Waals surface area (Å²) in [6.07, 6.45) is 2.32. The van der Waals surface area contributed by atoms with Gasteiger partial charge >= 0.3 is 0 Å². The van der Waals surface area contributed by atoms with Gasteiger partial charge in [-0.1, -0.05) is 6.92 Å². The highest BCUT2D eigenvalue weighted by Gasteiger charge is 2.31. The lowest BCUT2D eigenvalue weighted by Gasteiger charge is -2.35. The second kappa shape index (κ2) is 5.55. The molecule has 21 heavy (non-hydrogen) atoms. The van der Waals surface area contributed by atoms with Crippen molar-refractivity contribution in [1.82, 2.24) is 25.3 Å². The Morgan fingerprint density at radius 2 is 2.29 bits per heavy atom. The van der Waals surface area contributed by atoms with Gasteiger partial charge in [-0.3, -0.25) is 4.79 Å². The number of imidazole rings is 1. The quantitative estimate of drug-likeness (QED) is 0.758. The number of aromatic nitrogens is 4. The van der Waals surface area contributed by atoms with Crippen molar-refractivity contribution >= 4 is 28.8 Å². The van der Waals surface area contributed by atoms with E-state index in [4.69, 9.17) is 0 Å². The summed E-state index contributed by atoms with van der Waals surface area (Å²) < 4.78 is 0. The Labute approximate surface area is 122 Å².